The number of rotatable bonds is 9. The zero-order valence-corrected chi connectivity index (χ0v) is 24.7. The Morgan fingerprint density at radius 1 is 0.848 bits per heavy atom. The molecule has 1 unspecified atom stereocenters. The molecule has 1 aromatic rings. The molecule has 5 rings (SSSR count). The summed E-state index contributed by atoms with van der Waals surface area (Å²) in [5, 5.41) is 93.5. The van der Waals surface area contributed by atoms with Crippen LogP contribution in [0.5, 0.6) is 0 Å². The van der Waals surface area contributed by atoms with Gasteiger partial charge in [0.2, 0.25) is 6.29 Å². The van der Waals surface area contributed by atoms with Gasteiger partial charge in [0.1, 0.15) is 60.0 Å². The van der Waals surface area contributed by atoms with Crippen molar-refractivity contribution < 1.29 is 79.2 Å². The summed E-state index contributed by atoms with van der Waals surface area (Å²) in [5.41, 5.74) is -3.10. The molecule has 0 spiro atoms. The Kier molecular flexibility index (Phi) is 10.5. The number of hydrogen-bond donors (Lipinski definition) is 9. The van der Waals surface area contributed by atoms with Gasteiger partial charge in [0.05, 0.1) is 31.5 Å². The van der Waals surface area contributed by atoms with Crippen LogP contribution in [0.3, 0.4) is 0 Å². The second-order valence-corrected chi connectivity index (χ2v) is 12.0. The molecular weight excluding hydrogens is 616 g/mol. The first kappa shape index (κ1) is 34.8. The lowest BCUT2D eigenvalue weighted by atomic mass is 9.81. The molecular formula is C30H40O16. The lowest BCUT2D eigenvalue weighted by Gasteiger charge is -2.46. The Labute approximate surface area is 263 Å². The van der Waals surface area contributed by atoms with Gasteiger partial charge in [0, 0.05) is 12.5 Å². The van der Waals surface area contributed by atoms with Crippen LogP contribution in [-0.4, -0.2) is 150 Å². The molecule has 15 atom stereocenters. The van der Waals surface area contributed by atoms with Crippen molar-refractivity contribution in [3.05, 3.63) is 54.3 Å². The summed E-state index contributed by atoms with van der Waals surface area (Å²) in [4.78, 5) is 13.1. The van der Waals surface area contributed by atoms with E-state index in [0.717, 1.165) is 6.26 Å². The molecule has 3 aliphatic heterocycles. The third-order valence-electron chi connectivity index (χ3n) is 8.89. The number of carbonyl (C=O) groups excluding carboxylic acids is 1. The Morgan fingerprint density at radius 3 is 1.98 bits per heavy atom. The van der Waals surface area contributed by atoms with Gasteiger partial charge in [-0.3, -0.25) is 0 Å². The molecule has 1 aliphatic carbocycles. The van der Waals surface area contributed by atoms with Gasteiger partial charge in [-0.05, 0) is 24.6 Å². The van der Waals surface area contributed by atoms with Crippen LogP contribution >= 0.6 is 0 Å². The van der Waals surface area contributed by atoms with Crippen molar-refractivity contribution in [1.82, 2.24) is 0 Å². The quantitative estimate of drug-likeness (QED) is 0.0928. The molecule has 256 valence electrons. The molecule has 0 amide bonds. The highest BCUT2D eigenvalue weighted by atomic mass is 16.8. The number of aliphatic hydroxyl groups is 9. The van der Waals surface area contributed by atoms with Gasteiger partial charge in [-0.2, -0.15) is 0 Å². The Hall–Kier alpha value is -2.55. The first-order valence-electron chi connectivity index (χ1n) is 14.8. The maximum atomic E-state index is 13.1. The highest BCUT2D eigenvalue weighted by Gasteiger charge is 2.68. The zero-order valence-electron chi connectivity index (χ0n) is 24.7. The van der Waals surface area contributed by atoms with Crippen LogP contribution < -0.4 is 0 Å². The van der Waals surface area contributed by atoms with Gasteiger partial charge in [-0.25, -0.2) is 4.79 Å². The van der Waals surface area contributed by atoms with Crippen LogP contribution in [0.2, 0.25) is 0 Å². The Balaban J connectivity index is 1.44. The molecule has 16 heteroatoms. The average Bonchev–Trinajstić information content (AvgIpc) is 3.26. The monoisotopic (exact) mass is 656 g/mol. The predicted molar refractivity (Wildman–Crippen MR) is 151 cm³/mol. The third-order valence-corrected chi connectivity index (χ3v) is 8.89. The minimum Gasteiger partial charge on any atom is -0.472 e. The molecule has 0 bridgehead atoms. The minimum absolute atomic E-state index is 0.281. The Bertz CT molecular complexity index is 1240. The van der Waals surface area contributed by atoms with Gasteiger partial charge in [-0.15, -0.1) is 0 Å². The van der Waals surface area contributed by atoms with Gasteiger partial charge < -0.3 is 74.4 Å². The van der Waals surface area contributed by atoms with Crippen molar-refractivity contribution in [3.8, 4) is 0 Å². The van der Waals surface area contributed by atoms with E-state index in [1.165, 1.54) is 25.2 Å². The van der Waals surface area contributed by atoms with Crippen molar-refractivity contribution in [2.75, 3.05) is 13.2 Å². The van der Waals surface area contributed by atoms with E-state index in [0.29, 0.717) is 5.56 Å². The SMILES string of the molecule is C[C@]1(OC(=O)/C=C/c2ccccc2)C[C@@H](O[C@@H]2O[C@H](CO)[C@H](O)[C@@H](O)[C@H]2O)[C@]2(O)C=CO[C@@H](O[C@H]3O[C@@H](CO)[C@H](O)[C@H](O)[C@@H]3O)C12. The minimum atomic E-state index is -2.12. The average molecular weight is 657 g/mol. The highest BCUT2D eigenvalue weighted by Crippen LogP contribution is 2.53. The van der Waals surface area contributed by atoms with E-state index in [2.05, 4.69) is 0 Å². The highest BCUT2D eigenvalue weighted by molar-refractivity contribution is 5.87. The van der Waals surface area contributed by atoms with Gasteiger partial charge >= 0.3 is 5.97 Å². The van der Waals surface area contributed by atoms with Gasteiger partial charge in [0.15, 0.2) is 12.6 Å². The maximum Gasteiger partial charge on any atom is 0.331 e. The van der Waals surface area contributed by atoms with Gasteiger partial charge in [-0.1, -0.05) is 30.3 Å². The Morgan fingerprint density at radius 2 is 1.41 bits per heavy atom. The van der Waals surface area contributed by atoms with Crippen LogP contribution in [0.4, 0.5) is 0 Å². The fourth-order valence-corrected chi connectivity index (χ4v) is 6.39. The molecule has 3 fully saturated rings. The number of esters is 1. The van der Waals surface area contributed by atoms with Crippen LogP contribution in [-0.2, 0) is 33.2 Å². The third kappa shape index (κ3) is 6.59. The molecule has 9 N–H and O–H groups in total. The number of aliphatic hydroxyl groups excluding tert-OH is 8. The van der Waals surface area contributed by atoms with E-state index in [1.54, 1.807) is 30.3 Å². The van der Waals surface area contributed by atoms with Crippen LogP contribution in [0.1, 0.15) is 18.9 Å². The van der Waals surface area contributed by atoms with Crippen LogP contribution in [0, 0.1) is 5.92 Å². The normalized spacial score (nSPS) is 45.7. The number of hydrogen-bond acceptors (Lipinski definition) is 16. The maximum absolute atomic E-state index is 13.1. The first-order chi connectivity index (χ1) is 21.8. The predicted octanol–water partition coefficient (Wildman–Crippen LogP) is -3.38. The van der Waals surface area contributed by atoms with E-state index in [1.807, 2.05) is 0 Å². The topological polar surface area (TPSA) is 255 Å². The molecule has 1 aromatic carbocycles. The molecule has 46 heavy (non-hydrogen) atoms. The van der Waals surface area contributed by atoms with E-state index in [4.69, 9.17) is 28.4 Å². The number of benzene rings is 1. The van der Waals surface area contributed by atoms with Crippen molar-refractivity contribution in [1.29, 1.82) is 0 Å². The lowest BCUT2D eigenvalue weighted by molar-refractivity contribution is -0.354. The molecule has 3 heterocycles. The molecule has 0 radical (unpaired) electrons. The van der Waals surface area contributed by atoms with Crippen LogP contribution in [0.15, 0.2) is 48.7 Å². The summed E-state index contributed by atoms with van der Waals surface area (Å²) in [6, 6.07) is 8.87. The second-order valence-electron chi connectivity index (χ2n) is 12.0. The molecule has 16 nitrogen and oxygen atoms in total. The summed E-state index contributed by atoms with van der Waals surface area (Å²) in [7, 11) is 0. The molecule has 0 aromatic heterocycles. The number of fused-ring (bicyclic) bond motifs is 1. The van der Waals surface area contributed by atoms with E-state index < -0.39 is 110 Å². The molecule has 4 aliphatic rings. The largest absolute Gasteiger partial charge is 0.472 e. The van der Waals surface area contributed by atoms with Gasteiger partial charge in [0.25, 0.3) is 0 Å². The second kappa shape index (κ2) is 13.9. The summed E-state index contributed by atoms with van der Waals surface area (Å²) in [5.74, 6) is -2.19. The number of ether oxygens (including phenoxy) is 6. The van der Waals surface area contributed by atoms with E-state index in [9.17, 15) is 50.8 Å². The zero-order chi connectivity index (χ0) is 33.4. The van der Waals surface area contributed by atoms with Crippen molar-refractivity contribution >= 4 is 12.0 Å². The van der Waals surface area contributed by atoms with E-state index >= 15 is 0 Å². The number of carbonyl (C=O) groups is 1. The summed E-state index contributed by atoms with van der Waals surface area (Å²) >= 11 is 0. The molecule has 2 saturated heterocycles. The summed E-state index contributed by atoms with van der Waals surface area (Å²) in [6.07, 6.45) is -14.8. The van der Waals surface area contributed by atoms with Crippen molar-refractivity contribution in [3.63, 3.8) is 0 Å². The standard InChI is InChI=1S/C30H40O16/c1-29(46-18(33)8-7-14-5-3-2-4-6-14)11-17(44-26-23(38)21(36)19(34)15(12-31)42-26)30(40)9-10-41-28(25(29)30)45-27-24(39)22(37)20(35)16(13-32)43-27/h2-10,15-17,19-28,31-32,34-40H,11-13H2,1H3/b8-7+/t15-,16+,17-,19+,20+,21-,22+,23-,24+,25?,26+,27-,28+,29+,30-/m1/s1. The fourth-order valence-electron chi connectivity index (χ4n) is 6.39. The fraction of sp³-hybridized carbons (Fsp3) is 0.633. The first-order valence-corrected chi connectivity index (χ1v) is 14.8. The van der Waals surface area contributed by atoms with Crippen molar-refractivity contribution in [2.24, 2.45) is 5.92 Å². The summed E-state index contributed by atoms with van der Waals surface area (Å²) in [6.45, 7) is -0.00438. The van der Waals surface area contributed by atoms with Crippen LogP contribution in [0.25, 0.3) is 6.08 Å². The van der Waals surface area contributed by atoms with E-state index in [-0.39, 0.29) is 6.42 Å². The van der Waals surface area contributed by atoms with Crippen molar-refractivity contribution in [2.45, 2.75) is 98.4 Å². The summed E-state index contributed by atoms with van der Waals surface area (Å²) < 4.78 is 34.3. The smallest absolute Gasteiger partial charge is 0.331 e. The molecule has 1 saturated carbocycles. The lowest BCUT2D eigenvalue weighted by Crippen LogP contribution is -2.63.